The number of nitrogens with one attached hydrogen (secondary N) is 4. The number of nitrogens with zero attached hydrogens (tertiary/aromatic N) is 3. The molecule has 13 N–H and O–H groups in total. The zero-order valence-electron chi connectivity index (χ0n) is 28.5. The van der Waals surface area contributed by atoms with Crippen molar-refractivity contribution in [2.45, 2.75) is 95.0 Å². The highest BCUT2D eigenvalue weighted by atomic mass is 16.4. The molecule has 2 aliphatic rings. The van der Waals surface area contributed by atoms with Crippen LogP contribution in [0, 0.1) is 5.92 Å². The lowest BCUT2D eigenvalue weighted by Gasteiger charge is -2.31. The first kappa shape index (κ1) is 41.6. The number of carbonyl (C=O) groups excluding carboxylic acids is 6. The monoisotopic (exact) mass is 712 g/mol. The van der Waals surface area contributed by atoms with E-state index >= 15 is 0 Å². The zero-order chi connectivity index (χ0) is 37.5. The fraction of sp³-hybridized carbons (Fsp3) is 0.733. The molecule has 0 saturated carbocycles. The Balaban J connectivity index is 2.11. The molecule has 6 atom stereocenters. The quantitative estimate of drug-likeness (QED) is 0.0341. The summed E-state index contributed by atoms with van der Waals surface area (Å²) in [5, 5.41) is 37.6. The van der Waals surface area contributed by atoms with Crippen LogP contribution >= 0.6 is 0 Å². The number of nitrogens with two attached hydrogens (primary N) is 3. The summed E-state index contributed by atoms with van der Waals surface area (Å²) in [7, 11) is 0. The Morgan fingerprint density at radius 3 is 1.98 bits per heavy atom. The number of hydrogen-bond donors (Lipinski definition) is 10. The molecule has 20 heteroatoms. The van der Waals surface area contributed by atoms with Gasteiger partial charge in [0.15, 0.2) is 5.96 Å². The number of aliphatic imine (C=N–C) groups is 1. The molecule has 0 aromatic rings. The molecule has 282 valence electrons. The summed E-state index contributed by atoms with van der Waals surface area (Å²) in [6.07, 6.45) is 2.09. The van der Waals surface area contributed by atoms with E-state index in [2.05, 4.69) is 26.3 Å². The number of likely N-dealkylation sites (tertiary alicyclic amines) is 2. The average molecular weight is 713 g/mol. The van der Waals surface area contributed by atoms with Gasteiger partial charge in [-0.25, -0.2) is 4.79 Å². The van der Waals surface area contributed by atoms with Gasteiger partial charge in [-0.15, -0.1) is 0 Å². The Morgan fingerprint density at radius 2 is 1.42 bits per heavy atom. The molecule has 20 nitrogen and oxygen atoms in total. The lowest BCUT2D eigenvalue weighted by atomic mass is 10.0. The number of guanidine groups is 1. The highest BCUT2D eigenvalue weighted by molar-refractivity contribution is 5.96. The van der Waals surface area contributed by atoms with Crippen LogP contribution in [0.15, 0.2) is 4.99 Å². The van der Waals surface area contributed by atoms with Gasteiger partial charge in [-0.3, -0.25) is 33.8 Å². The summed E-state index contributed by atoms with van der Waals surface area (Å²) in [6.45, 7) is 2.31. The first-order valence-electron chi connectivity index (χ1n) is 16.6. The van der Waals surface area contributed by atoms with Crippen molar-refractivity contribution in [3.63, 3.8) is 0 Å². The molecule has 2 heterocycles. The number of aliphatic hydroxyl groups excluding tert-OH is 2. The van der Waals surface area contributed by atoms with Crippen molar-refractivity contribution in [3.05, 3.63) is 0 Å². The van der Waals surface area contributed by atoms with Crippen molar-refractivity contribution in [1.29, 1.82) is 0 Å². The van der Waals surface area contributed by atoms with E-state index in [1.54, 1.807) is 0 Å². The zero-order valence-corrected chi connectivity index (χ0v) is 28.5. The average Bonchev–Trinajstić information content (AvgIpc) is 3.76. The second-order valence-electron chi connectivity index (χ2n) is 12.7. The Kier molecular flexibility index (Phi) is 16.8. The van der Waals surface area contributed by atoms with Crippen molar-refractivity contribution >= 4 is 47.4 Å². The molecular weight excluding hydrogens is 660 g/mol. The third kappa shape index (κ3) is 12.4. The lowest BCUT2D eigenvalue weighted by molar-refractivity contribution is -0.145. The van der Waals surface area contributed by atoms with Gasteiger partial charge in [0.05, 0.1) is 19.8 Å². The molecule has 0 aromatic carbocycles. The molecule has 50 heavy (non-hydrogen) atoms. The molecule has 6 amide bonds. The molecule has 2 aliphatic heterocycles. The van der Waals surface area contributed by atoms with Crippen LogP contribution in [0.3, 0.4) is 0 Å². The summed E-state index contributed by atoms with van der Waals surface area (Å²) in [4.78, 5) is 96.4. The highest BCUT2D eigenvalue weighted by Gasteiger charge is 2.40. The normalized spacial score (nSPS) is 19.6. The Labute approximate surface area is 289 Å². The SMILES string of the molecule is CC(C)CC(NC(=O)C(CCCN=C(N)N)NC(=O)C(N)CO)C(=O)N1CCCC1C(=O)NCC(=O)N1CCCC1C(=O)NC(CO)C(=O)O. The van der Waals surface area contributed by atoms with Crippen LogP contribution in [-0.4, -0.2) is 148 Å². The van der Waals surface area contributed by atoms with Gasteiger partial charge in [0.25, 0.3) is 0 Å². The van der Waals surface area contributed by atoms with Gasteiger partial charge in [-0.2, -0.15) is 0 Å². The number of rotatable bonds is 19. The molecular formula is C30H52N10O10. The van der Waals surface area contributed by atoms with Gasteiger partial charge < -0.3 is 63.6 Å². The summed E-state index contributed by atoms with van der Waals surface area (Å²) < 4.78 is 0. The largest absolute Gasteiger partial charge is 0.480 e. The number of carboxylic acids is 1. The topological polar surface area (TPSA) is 325 Å². The predicted molar refractivity (Wildman–Crippen MR) is 177 cm³/mol. The summed E-state index contributed by atoms with van der Waals surface area (Å²) in [6, 6.07) is -6.94. The van der Waals surface area contributed by atoms with E-state index in [0.29, 0.717) is 19.3 Å². The number of hydrogen-bond acceptors (Lipinski definition) is 11. The molecule has 0 radical (unpaired) electrons. The van der Waals surface area contributed by atoms with Crippen LogP contribution in [0.1, 0.15) is 58.8 Å². The van der Waals surface area contributed by atoms with Gasteiger partial charge in [-0.05, 0) is 50.9 Å². The van der Waals surface area contributed by atoms with Crippen LogP contribution in [0.25, 0.3) is 0 Å². The predicted octanol–water partition coefficient (Wildman–Crippen LogP) is -4.96. The third-order valence-corrected chi connectivity index (χ3v) is 8.36. The minimum Gasteiger partial charge on any atom is -0.480 e. The minimum atomic E-state index is -1.53. The maximum Gasteiger partial charge on any atom is 0.328 e. The third-order valence-electron chi connectivity index (χ3n) is 8.36. The lowest BCUT2D eigenvalue weighted by Crippen LogP contribution is -2.58. The van der Waals surface area contributed by atoms with Crippen molar-refractivity contribution in [1.82, 2.24) is 31.1 Å². The van der Waals surface area contributed by atoms with Crippen LogP contribution in [0.2, 0.25) is 0 Å². The van der Waals surface area contributed by atoms with Gasteiger partial charge in [0, 0.05) is 19.6 Å². The van der Waals surface area contributed by atoms with Crippen molar-refractivity contribution in [2.75, 3.05) is 39.4 Å². The molecule has 0 aromatic heterocycles. The molecule has 2 rings (SSSR count). The van der Waals surface area contributed by atoms with Crippen LogP contribution < -0.4 is 38.5 Å². The molecule has 0 spiro atoms. The number of amides is 6. The van der Waals surface area contributed by atoms with Gasteiger partial charge >= 0.3 is 5.97 Å². The van der Waals surface area contributed by atoms with Crippen LogP contribution in [0.5, 0.6) is 0 Å². The highest BCUT2D eigenvalue weighted by Crippen LogP contribution is 2.21. The Bertz CT molecular complexity index is 1260. The standard InChI is InChI=1S/C30H52N10O10/c1-16(2)12-19(37-25(45)18(6-3-9-34-30(32)33)36-24(44)17(31)14-41)28(48)40-11-5-7-21(40)26(46)35-13-23(43)39-10-4-8-22(39)27(47)38-20(15-42)29(49)50/h16-22,41-42H,3-15,31H2,1-2H3,(H,35,46)(H,36,44)(H,37,45)(H,38,47)(H,49,50)(H4,32,33,34). The van der Waals surface area contributed by atoms with E-state index in [4.69, 9.17) is 22.3 Å². The Hall–Kier alpha value is -4.56. The van der Waals surface area contributed by atoms with E-state index < -0.39 is 97.4 Å². The number of carboxylic acid groups (broad SMARTS) is 1. The fourth-order valence-corrected chi connectivity index (χ4v) is 5.78. The summed E-state index contributed by atoms with van der Waals surface area (Å²) in [5.74, 6) is -5.55. The second kappa shape index (κ2) is 20.2. The van der Waals surface area contributed by atoms with Gasteiger partial charge in [0.1, 0.15) is 36.3 Å². The van der Waals surface area contributed by atoms with Crippen molar-refractivity contribution < 1.29 is 48.9 Å². The second-order valence-corrected chi connectivity index (χ2v) is 12.7. The minimum absolute atomic E-state index is 0.0665. The van der Waals surface area contributed by atoms with E-state index in [9.17, 15) is 43.8 Å². The van der Waals surface area contributed by atoms with E-state index in [-0.39, 0.29) is 57.2 Å². The number of carbonyl (C=O) groups is 7. The number of aliphatic hydroxyl groups is 2. The number of aliphatic carboxylic acids is 1. The van der Waals surface area contributed by atoms with Gasteiger partial charge in [0.2, 0.25) is 35.4 Å². The van der Waals surface area contributed by atoms with Crippen LogP contribution in [-0.2, 0) is 33.6 Å². The van der Waals surface area contributed by atoms with E-state index in [0.717, 1.165) is 0 Å². The molecule has 0 aliphatic carbocycles. The summed E-state index contributed by atoms with van der Waals surface area (Å²) in [5.41, 5.74) is 16.3. The van der Waals surface area contributed by atoms with Gasteiger partial charge in [-0.1, -0.05) is 13.8 Å². The smallest absolute Gasteiger partial charge is 0.328 e. The fourth-order valence-electron chi connectivity index (χ4n) is 5.78. The maximum atomic E-state index is 13.9. The van der Waals surface area contributed by atoms with E-state index in [1.165, 1.54) is 9.80 Å². The van der Waals surface area contributed by atoms with E-state index in [1.807, 2.05) is 13.8 Å². The van der Waals surface area contributed by atoms with Crippen LogP contribution in [0.4, 0.5) is 0 Å². The first-order chi connectivity index (χ1) is 23.6. The molecule has 2 saturated heterocycles. The first-order valence-corrected chi connectivity index (χ1v) is 16.6. The maximum absolute atomic E-state index is 13.9. The Morgan fingerprint density at radius 1 is 0.820 bits per heavy atom. The van der Waals surface area contributed by atoms with Crippen molar-refractivity contribution in [2.24, 2.45) is 28.1 Å². The van der Waals surface area contributed by atoms with Crippen molar-refractivity contribution in [3.8, 4) is 0 Å². The summed E-state index contributed by atoms with van der Waals surface area (Å²) >= 11 is 0. The molecule has 0 bridgehead atoms. The molecule has 2 fully saturated rings. The molecule has 6 unspecified atom stereocenters.